The molecule has 100 valence electrons. The van der Waals surface area contributed by atoms with Gasteiger partial charge in [0.25, 0.3) is 5.69 Å². The first-order valence-corrected chi connectivity index (χ1v) is 5.55. The fraction of sp³-hybridized carbons (Fsp3) is 0. The van der Waals surface area contributed by atoms with Gasteiger partial charge in [-0.25, -0.2) is 14.4 Å². The van der Waals surface area contributed by atoms with Gasteiger partial charge < -0.3 is 9.72 Å². The van der Waals surface area contributed by atoms with Crippen molar-refractivity contribution in [2.24, 2.45) is 0 Å². The molecule has 0 radical (unpaired) electrons. The molecule has 20 heavy (non-hydrogen) atoms. The zero-order valence-corrected chi connectivity index (χ0v) is 9.91. The molecule has 2 heterocycles. The Bertz CT molecular complexity index is 802. The quantitative estimate of drug-likeness (QED) is 0.585. The van der Waals surface area contributed by atoms with Gasteiger partial charge in [0.1, 0.15) is 12.0 Å². The number of nitro benzene ring substituents is 1. The number of fused-ring (bicyclic) bond motifs is 1. The van der Waals surface area contributed by atoms with Crippen LogP contribution in [0.15, 0.2) is 36.8 Å². The van der Waals surface area contributed by atoms with Crippen LogP contribution in [0.1, 0.15) is 0 Å². The molecule has 0 bridgehead atoms. The lowest BCUT2D eigenvalue weighted by atomic mass is 10.3. The Morgan fingerprint density at radius 3 is 2.90 bits per heavy atom. The Morgan fingerprint density at radius 2 is 2.15 bits per heavy atom. The molecule has 3 aromatic rings. The minimum absolute atomic E-state index is 0.142. The Kier molecular flexibility index (Phi) is 2.75. The molecule has 8 heteroatoms. The standard InChI is InChI=1S/C12H7FN4O3/c13-9-5-7(17(18)19)1-2-10(9)20-12-8-3-4-14-11(8)15-6-16-12/h1-6H,(H,14,15,16). The predicted molar refractivity (Wildman–Crippen MR) is 67.0 cm³/mol. The number of H-pyrrole nitrogens is 1. The molecule has 0 aliphatic carbocycles. The number of nitrogens with one attached hydrogen (secondary N) is 1. The maximum absolute atomic E-state index is 13.7. The van der Waals surface area contributed by atoms with Gasteiger partial charge in [-0.2, -0.15) is 0 Å². The van der Waals surface area contributed by atoms with Gasteiger partial charge in [0.05, 0.1) is 16.4 Å². The molecule has 1 aromatic carbocycles. The SMILES string of the molecule is O=[N+]([O-])c1ccc(Oc2ncnc3[nH]ccc23)c(F)c1. The van der Waals surface area contributed by atoms with Crippen molar-refractivity contribution in [2.45, 2.75) is 0 Å². The summed E-state index contributed by atoms with van der Waals surface area (Å²) in [7, 11) is 0. The van der Waals surface area contributed by atoms with E-state index < -0.39 is 10.7 Å². The summed E-state index contributed by atoms with van der Waals surface area (Å²) >= 11 is 0. The number of nitrogens with zero attached hydrogens (tertiary/aromatic N) is 3. The first-order chi connectivity index (χ1) is 9.65. The van der Waals surface area contributed by atoms with Gasteiger partial charge >= 0.3 is 0 Å². The topological polar surface area (TPSA) is 93.9 Å². The Morgan fingerprint density at radius 1 is 1.30 bits per heavy atom. The van der Waals surface area contributed by atoms with Crippen LogP contribution in [0.5, 0.6) is 11.6 Å². The number of aromatic nitrogens is 3. The monoisotopic (exact) mass is 274 g/mol. The van der Waals surface area contributed by atoms with Crippen LogP contribution in [0, 0.1) is 15.9 Å². The van der Waals surface area contributed by atoms with Crippen LogP contribution in [0.3, 0.4) is 0 Å². The first kappa shape index (κ1) is 12.0. The number of rotatable bonds is 3. The summed E-state index contributed by atoms with van der Waals surface area (Å²) in [6, 6.07) is 4.83. The number of non-ortho nitro benzene ring substituents is 1. The Balaban J connectivity index is 1.99. The molecular formula is C12H7FN4O3. The highest BCUT2D eigenvalue weighted by atomic mass is 19.1. The summed E-state index contributed by atoms with van der Waals surface area (Å²) in [5.41, 5.74) is 0.210. The van der Waals surface area contributed by atoms with Crippen LogP contribution in [-0.4, -0.2) is 19.9 Å². The third-order valence-electron chi connectivity index (χ3n) is 2.65. The highest BCUT2D eigenvalue weighted by Gasteiger charge is 2.14. The van der Waals surface area contributed by atoms with Gasteiger partial charge in [0, 0.05) is 12.3 Å². The molecule has 3 rings (SSSR count). The third-order valence-corrected chi connectivity index (χ3v) is 2.65. The van der Waals surface area contributed by atoms with Crippen LogP contribution < -0.4 is 4.74 Å². The second-order valence-electron chi connectivity index (χ2n) is 3.89. The van der Waals surface area contributed by atoms with E-state index in [9.17, 15) is 14.5 Å². The molecule has 1 N–H and O–H groups in total. The van der Waals surface area contributed by atoms with Gasteiger partial charge in [0.2, 0.25) is 5.88 Å². The molecule has 0 fully saturated rings. The summed E-state index contributed by atoms with van der Waals surface area (Å²) in [6.07, 6.45) is 2.93. The molecule has 7 nitrogen and oxygen atoms in total. The summed E-state index contributed by atoms with van der Waals surface area (Å²) in [4.78, 5) is 20.6. The first-order valence-electron chi connectivity index (χ1n) is 5.55. The normalized spacial score (nSPS) is 10.7. The minimum atomic E-state index is -0.832. The largest absolute Gasteiger partial charge is 0.435 e. The highest BCUT2D eigenvalue weighted by molar-refractivity contribution is 5.80. The molecule has 0 saturated heterocycles. The van der Waals surface area contributed by atoms with Crippen molar-refractivity contribution in [3.8, 4) is 11.6 Å². The molecule has 0 unspecified atom stereocenters. The Hall–Kier alpha value is -3.03. The van der Waals surface area contributed by atoms with Crippen LogP contribution in [0.2, 0.25) is 0 Å². The van der Waals surface area contributed by atoms with Gasteiger partial charge in [-0.15, -0.1) is 0 Å². The molecule has 0 aliphatic heterocycles. The van der Waals surface area contributed by atoms with Crippen molar-refractivity contribution in [3.63, 3.8) is 0 Å². The van der Waals surface area contributed by atoms with Gasteiger partial charge in [0.15, 0.2) is 11.6 Å². The fourth-order valence-corrected chi connectivity index (χ4v) is 1.72. The van der Waals surface area contributed by atoms with Gasteiger partial charge in [-0.3, -0.25) is 10.1 Å². The van der Waals surface area contributed by atoms with Crippen LogP contribution >= 0.6 is 0 Å². The van der Waals surface area contributed by atoms with Gasteiger partial charge in [-0.1, -0.05) is 0 Å². The van der Waals surface area contributed by atoms with E-state index >= 15 is 0 Å². The predicted octanol–water partition coefficient (Wildman–Crippen LogP) is 2.80. The van der Waals surface area contributed by atoms with E-state index in [4.69, 9.17) is 4.74 Å². The fourth-order valence-electron chi connectivity index (χ4n) is 1.72. The number of benzene rings is 1. The highest BCUT2D eigenvalue weighted by Crippen LogP contribution is 2.29. The summed E-state index contributed by atoms with van der Waals surface area (Å²) < 4.78 is 19.1. The molecule has 0 saturated carbocycles. The summed E-state index contributed by atoms with van der Waals surface area (Å²) in [6.45, 7) is 0. The number of hydrogen-bond donors (Lipinski definition) is 1. The van der Waals surface area contributed by atoms with Crippen molar-refractivity contribution in [3.05, 3.63) is 52.7 Å². The minimum Gasteiger partial charge on any atom is -0.435 e. The number of halogens is 1. The van der Waals surface area contributed by atoms with Crippen molar-refractivity contribution < 1.29 is 14.1 Å². The van der Waals surface area contributed by atoms with E-state index in [-0.39, 0.29) is 17.3 Å². The molecule has 2 aromatic heterocycles. The van der Waals surface area contributed by atoms with Crippen molar-refractivity contribution >= 4 is 16.7 Å². The second kappa shape index (κ2) is 4.57. The Labute approximate surface area is 111 Å². The molecular weight excluding hydrogens is 267 g/mol. The smallest absolute Gasteiger partial charge is 0.272 e. The maximum Gasteiger partial charge on any atom is 0.272 e. The van der Waals surface area contributed by atoms with E-state index in [1.165, 1.54) is 12.4 Å². The van der Waals surface area contributed by atoms with E-state index in [1.54, 1.807) is 12.3 Å². The molecule has 0 spiro atoms. The summed E-state index contributed by atoms with van der Waals surface area (Å²) in [5.74, 6) is -0.803. The zero-order valence-electron chi connectivity index (χ0n) is 9.91. The van der Waals surface area contributed by atoms with Gasteiger partial charge in [-0.05, 0) is 12.1 Å². The number of ether oxygens (including phenoxy) is 1. The van der Waals surface area contributed by atoms with Crippen LogP contribution in [0.4, 0.5) is 10.1 Å². The average molecular weight is 274 g/mol. The lowest BCUT2D eigenvalue weighted by Gasteiger charge is -2.06. The lowest BCUT2D eigenvalue weighted by Crippen LogP contribution is -1.94. The number of nitro groups is 1. The van der Waals surface area contributed by atoms with Crippen LogP contribution in [0.25, 0.3) is 11.0 Å². The average Bonchev–Trinajstić information content (AvgIpc) is 2.90. The van der Waals surface area contributed by atoms with E-state index in [0.29, 0.717) is 11.0 Å². The lowest BCUT2D eigenvalue weighted by molar-refractivity contribution is -0.385. The van der Waals surface area contributed by atoms with Crippen molar-refractivity contribution in [1.82, 2.24) is 15.0 Å². The zero-order chi connectivity index (χ0) is 14.1. The number of hydrogen-bond acceptors (Lipinski definition) is 5. The van der Waals surface area contributed by atoms with Crippen LogP contribution in [-0.2, 0) is 0 Å². The maximum atomic E-state index is 13.7. The van der Waals surface area contributed by atoms with Crippen molar-refractivity contribution in [2.75, 3.05) is 0 Å². The third kappa shape index (κ3) is 2.03. The molecule has 0 amide bonds. The van der Waals surface area contributed by atoms with Crippen molar-refractivity contribution in [1.29, 1.82) is 0 Å². The molecule has 0 atom stereocenters. The summed E-state index contributed by atoms with van der Waals surface area (Å²) in [5, 5.41) is 11.1. The number of aromatic amines is 1. The van der Waals surface area contributed by atoms with E-state index in [0.717, 1.165) is 12.1 Å². The second-order valence-corrected chi connectivity index (χ2v) is 3.89. The van der Waals surface area contributed by atoms with E-state index in [1.807, 2.05) is 0 Å². The van der Waals surface area contributed by atoms with E-state index in [2.05, 4.69) is 15.0 Å². The molecule has 0 aliphatic rings.